The van der Waals surface area contributed by atoms with E-state index < -0.39 is 5.91 Å². The summed E-state index contributed by atoms with van der Waals surface area (Å²) in [5.74, 6) is -0.127. The number of rotatable bonds is 8. The Labute approximate surface area is 155 Å². The predicted molar refractivity (Wildman–Crippen MR) is 100 cm³/mol. The number of benzene rings is 1. The van der Waals surface area contributed by atoms with Gasteiger partial charge >= 0.3 is 0 Å². The number of amides is 2. The molecule has 0 aliphatic heterocycles. The van der Waals surface area contributed by atoms with Crippen molar-refractivity contribution >= 4 is 24.2 Å². The highest BCUT2D eigenvalue weighted by molar-refractivity contribution is 5.94. The molecule has 1 aliphatic carbocycles. The van der Waals surface area contributed by atoms with Crippen molar-refractivity contribution in [3.05, 3.63) is 29.8 Å². The van der Waals surface area contributed by atoms with Crippen molar-refractivity contribution in [2.45, 2.75) is 44.6 Å². The van der Waals surface area contributed by atoms with Gasteiger partial charge in [0.25, 0.3) is 11.8 Å². The standard InChI is InChI=1S/C18H27N3O3.ClH/c19-17(22)13-24-16-9-7-14(8-10-16)18(23)21-12-11-20-15-5-3-1-2-4-6-15;/h7-10,15,20H,1-6,11-13H2,(H2,19,22)(H,21,23);1H. The van der Waals surface area contributed by atoms with Gasteiger partial charge in [-0.25, -0.2) is 0 Å². The number of ether oxygens (including phenoxy) is 1. The molecule has 0 radical (unpaired) electrons. The third kappa shape index (κ3) is 8.23. The van der Waals surface area contributed by atoms with Gasteiger partial charge in [-0.2, -0.15) is 0 Å². The number of carbonyl (C=O) groups is 2. The van der Waals surface area contributed by atoms with Gasteiger partial charge in [0.05, 0.1) is 0 Å². The van der Waals surface area contributed by atoms with Crippen LogP contribution in [-0.2, 0) is 4.79 Å². The topological polar surface area (TPSA) is 93.5 Å². The summed E-state index contributed by atoms with van der Waals surface area (Å²) in [7, 11) is 0. The minimum Gasteiger partial charge on any atom is -0.484 e. The Balaban J connectivity index is 0.00000312. The van der Waals surface area contributed by atoms with Crippen molar-refractivity contribution in [1.29, 1.82) is 0 Å². The zero-order valence-corrected chi connectivity index (χ0v) is 15.3. The van der Waals surface area contributed by atoms with Crippen LogP contribution in [0.25, 0.3) is 0 Å². The summed E-state index contributed by atoms with van der Waals surface area (Å²) in [5.41, 5.74) is 5.58. The maximum absolute atomic E-state index is 12.1. The number of hydrogen-bond donors (Lipinski definition) is 3. The van der Waals surface area contributed by atoms with Gasteiger partial charge in [0.1, 0.15) is 5.75 Å². The van der Waals surface area contributed by atoms with Crippen LogP contribution >= 0.6 is 12.4 Å². The van der Waals surface area contributed by atoms with Crippen LogP contribution < -0.4 is 21.1 Å². The first kappa shape index (κ1) is 21.3. The summed E-state index contributed by atoms with van der Waals surface area (Å²) in [6, 6.07) is 7.24. The second kappa shape index (κ2) is 11.7. The van der Waals surface area contributed by atoms with Gasteiger partial charge < -0.3 is 21.1 Å². The van der Waals surface area contributed by atoms with Crippen LogP contribution in [0, 0.1) is 0 Å². The van der Waals surface area contributed by atoms with Gasteiger partial charge in [-0.1, -0.05) is 25.7 Å². The molecule has 1 aromatic rings. The molecule has 2 amide bonds. The zero-order valence-electron chi connectivity index (χ0n) is 14.5. The molecule has 0 aromatic heterocycles. The monoisotopic (exact) mass is 369 g/mol. The van der Waals surface area contributed by atoms with Crippen LogP contribution in [0.5, 0.6) is 5.75 Å². The lowest BCUT2D eigenvalue weighted by Crippen LogP contribution is -2.36. The molecule has 2 rings (SSSR count). The van der Waals surface area contributed by atoms with E-state index in [1.54, 1.807) is 24.3 Å². The van der Waals surface area contributed by atoms with E-state index in [1.807, 2.05) is 0 Å². The molecule has 0 spiro atoms. The van der Waals surface area contributed by atoms with Gasteiger partial charge in [-0.15, -0.1) is 12.4 Å². The van der Waals surface area contributed by atoms with E-state index in [4.69, 9.17) is 10.5 Å². The average Bonchev–Trinajstić information content (AvgIpc) is 2.86. The van der Waals surface area contributed by atoms with Gasteiger partial charge in [-0.3, -0.25) is 9.59 Å². The SMILES string of the molecule is Cl.NC(=O)COc1ccc(C(=O)NCCNC2CCCCCC2)cc1. The highest BCUT2D eigenvalue weighted by Gasteiger charge is 2.11. The lowest BCUT2D eigenvalue weighted by atomic mass is 10.1. The number of carbonyl (C=O) groups excluding carboxylic acids is 2. The fraction of sp³-hybridized carbons (Fsp3) is 0.556. The Hall–Kier alpha value is -1.79. The molecule has 6 nitrogen and oxygen atoms in total. The molecule has 0 saturated heterocycles. The first-order chi connectivity index (χ1) is 11.6. The third-order valence-electron chi connectivity index (χ3n) is 4.20. The van der Waals surface area contributed by atoms with Crippen LogP contribution in [0.3, 0.4) is 0 Å². The van der Waals surface area contributed by atoms with Gasteiger partial charge in [-0.05, 0) is 37.1 Å². The van der Waals surface area contributed by atoms with Crippen LogP contribution in [-0.4, -0.2) is 37.6 Å². The summed E-state index contributed by atoms with van der Waals surface area (Å²) in [5, 5.41) is 6.43. The minimum atomic E-state index is -0.530. The molecule has 7 heteroatoms. The van der Waals surface area contributed by atoms with Crippen LogP contribution in [0.1, 0.15) is 48.9 Å². The molecule has 1 aliphatic rings. The maximum atomic E-state index is 12.1. The Bertz CT molecular complexity index is 529. The third-order valence-corrected chi connectivity index (χ3v) is 4.20. The molecule has 4 N–H and O–H groups in total. The van der Waals surface area contributed by atoms with Gasteiger partial charge in [0.15, 0.2) is 6.61 Å². The lowest BCUT2D eigenvalue weighted by Gasteiger charge is -2.16. The van der Waals surface area contributed by atoms with Crippen molar-refractivity contribution in [2.24, 2.45) is 5.73 Å². The molecule has 1 fully saturated rings. The first-order valence-corrected chi connectivity index (χ1v) is 8.68. The van der Waals surface area contributed by atoms with E-state index in [0.29, 0.717) is 23.9 Å². The average molecular weight is 370 g/mol. The number of hydrogen-bond acceptors (Lipinski definition) is 4. The molecule has 25 heavy (non-hydrogen) atoms. The van der Waals surface area contributed by atoms with Gasteiger partial charge in [0.2, 0.25) is 0 Å². The quantitative estimate of drug-likeness (QED) is 0.482. The molecular weight excluding hydrogens is 342 g/mol. The van der Waals surface area contributed by atoms with Crippen molar-refractivity contribution < 1.29 is 14.3 Å². The van der Waals surface area contributed by atoms with Crippen LogP contribution in [0.4, 0.5) is 0 Å². The molecule has 0 heterocycles. The van der Waals surface area contributed by atoms with E-state index in [-0.39, 0.29) is 24.9 Å². The maximum Gasteiger partial charge on any atom is 0.255 e. The largest absolute Gasteiger partial charge is 0.484 e. The smallest absolute Gasteiger partial charge is 0.255 e. The molecule has 1 saturated carbocycles. The second-order valence-corrected chi connectivity index (χ2v) is 6.18. The second-order valence-electron chi connectivity index (χ2n) is 6.18. The minimum absolute atomic E-state index is 0. The lowest BCUT2D eigenvalue weighted by molar-refractivity contribution is -0.119. The number of primary amides is 1. The fourth-order valence-electron chi connectivity index (χ4n) is 2.89. The number of nitrogens with one attached hydrogen (secondary N) is 2. The van der Waals surface area contributed by atoms with E-state index in [0.717, 1.165) is 6.54 Å². The molecule has 140 valence electrons. The zero-order chi connectivity index (χ0) is 17.2. The Morgan fingerprint density at radius 1 is 1.04 bits per heavy atom. The summed E-state index contributed by atoms with van der Waals surface area (Å²) >= 11 is 0. The Morgan fingerprint density at radius 2 is 1.68 bits per heavy atom. The molecular formula is C18H28ClN3O3. The normalized spacial score (nSPS) is 14.9. The molecule has 0 unspecified atom stereocenters. The van der Waals surface area contributed by atoms with E-state index in [2.05, 4.69) is 10.6 Å². The molecule has 1 aromatic carbocycles. The van der Waals surface area contributed by atoms with Crippen molar-refractivity contribution in [3.8, 4) is 5.75 Å². The molecule has 0 bridgehead atoms. The van der Waals surface area contributed by atoms with Gasteiger partial charge in [0, 0.05) is 24.7 Å². The Morgan fingerprint density at radius 3 is 2.28 bits per heavy atom. The van der Waals surface area contributed by atoms with E-state index in [1.165, 1.54) is 38.5 Å². The first-order valence-electron chi connectivity index (χ1n) is 8.68. The van der Waals surface area contributed by atoms with Crippen LogP contribution in [0.2, 0.25) is 0 Å². The molecule has 0 atom stereocenters. The highest BCUT2D eigenvalue weighted by Crippen LogP contribution is 2.16. The number of halogens is 1. The summed E-state index contributed by atoms with van der Waals surface area (Å²) in [6.07, 6.45) is 7.76. The summed E-state index contributed by atoms with van der Waals surface area (Å²) in [4.78, 5) is 22.7. The predicted octanol–water partition coefficient (Wildman–Crippen LogP) is 2.01. The fourth-order valence-corrected chi connectivity index (χ4v) is 2.89. The van der Waals surface area contributed by atoms with E-state index >= 15 is 0 Å². The highest BCUT2D eigenvalue weighted by atomic mass is 35.5. The number of nitrogens with two attached hydrogens (primary N) is 1. The Kier molecular flexibility index (Phi) is 9.96. The van der Waals surface area contributed by atoms with Crippen molar-refractivity contribution in [3.63, 3.8) is 0 Å². The summed E-state index contributed by atoms with van der Waals surface area (Å²) in [6.45, 7) is 1.23. The van der Waals surface area contributed by atoms with Crippen molar-refractivity contribution in [1.82, 2.24) is 10.6 Å². The summed E-state index contributed by atoms with van der Waals surface area (Å²) < 4.78 is 5.16. The van der Waals surface area contributed by atoms with Crippen molar-refractivity contribution in [2.75, 3.05) is 19.7 Å². The van der Waals surface area contributed by atoms with E-state index in [9.17, 15) is 9.59 Å². The van der Waals surface area contributed by atoms with Crippen LogP contribution in [0.15, 0.2) is 24.3 Å².